The normalized spacial score (nSPS) is 17.6. The van der Waals surface area contributed by atoms with Gasteiger partial charge < -0.3 is 5.11 Å². The Morgan fingerprint density at radius 2 is 1.89 bits per heavy atom. The minimum absolute atomic E-state index is 0. The van der Waals surface area contributed by atoms with E-state index in [0.29, 0.717) is 16.5 Å². The summed E-state index contributed by atoms with van der Waals surface area (Å²) in [6.45, 7) is 0. The van der Waals surface area contributed by atoms with Crippen molar-refractivity contribution >= 4 is 58.7 Å². The van der Waals surface area contributed by atoms with Crippen molar-refractivity contribution in [2.24, 2.45) is 0 Å². The molecule has 1 aliphatic carbocycles. The molecule has 0 radical (unpaired) electrons. The van der Waals surface area contributed by atoms with E-state index in [-0.39, 0.29) is 29.6 Å². The van der Waals surface area contributed by atoms with Crippen molar-refractivity contribution in [3.8, 4) is 0 Å². The van der Waals surface area contributed by atoms with Gasteiger partial charge in [0.25, 0.3) is 0 Å². The average molecular weight is 311 g/mol. The molecule has 1 aliphatic rings. The van der Waals surface area contributed by atoms with Crippen molar-refractivity contribution in [2.45, 2.75) is 43.4 Å². The molecule has 1 atom stereocenters. The standard InChI is InChI=1S/C14H16Cl2O2.Na.H/c15-12-8-10(13(16)14(17)18)6-7-11(12)9-4-2-1-3-5-9;;/h6-9,13H,1-5H2,(H,17,18);;. The first-order valence-electron chi connectivity index (χ1n) is 6.26. The Kier molecular flexibility index (Phi) is 7.20. The second-order valence-corrected chi connectivity index (χ2v) is 5.66. The maximum absolute atomic E-state index is 10.8. The van der Waals surface area contributed by atoms with Gasteiger partial charge in [-0.1, -0.05) is 43.0 Å². The Hall–Kier alpha value is 0.270. The molecular formula is C14H17Cl2NaO2. The summed E-state index contributed by atoms with van der Waals surface area (Å²) in [5.41, 5.74) is 1.68. The van der Waals surface area contributed by atoms with Crippen LogP contribution in [0.5, 0.6) is 0 Å². The summed E-state index contributed by atoms with van der Waals surface area (Å²) in [5.74, 6) is -0.531. The van der Waals surface area contributed by atoms with Crippen LogP contribution in [0.2, 0.25) is 5.02 Å². The van der Waals surface area contributed by atoms with Crippen molar-refractivity contribution in [2.75, 3.05) is 0 Å². The van der Waals surface area contributed by atoms with Gasteiger partial charge in [0, 0.05) is 5.02 Å². The number of aliphatic carboxylic acids is 1. The van der Waals surface area contributed by atoms with Crippen molar-refractivity contribution in [1.82, 2.24) is 0 Å². The Morgan fingerprint density at radius 1 is 1.26 bits per heavy atom. The molecule has 0 aromatic heterocycles. The third-order valence-electron chi connectivity index (χ3n) is 3.58. The average Bonchev–Trinajstić information content (AvgIpc) is 2.38. The first-order valence-corrected chi connectivity index (χ1v) is 7.07. The third kappa shape index (κ3) is 4.37. The summed E-state index contributed by atoms with van der Waals surface area (Å²) in [6, 6.07) is 5.41. The number of halogens is 2. The number of benzene rings is 1. The molecule has 0 saturated heterocycles. The van der Waals surface area contributed by atoms with Crippen LogP contribution in [-0.2, 0) is 4.79 Å². The first-order chi connectivity index (χ1) is 8.59. The van der Waals surface area contributed by atoms with Crippen molar-refractivity contribution in [3.63, 3.8) is 0 Å². The van der Waals surface area contributed by atoms with Crippen LogP contribution in [0.4, 0.5) is 0 Å². The fraction of sp³-hybridized carbons (Fsp3) is 0.500. The zero-order chi connectivity index (χ0) is 13.1. The SMILES string of the molecule is O=C(O)C(Cl)c1ccc(C2CCCCC2)c(Cl)c1.[NaH]. The van der Waals surface area contributed by atoms with E-state index in [0.717, 1.165) is 5.56 Å². The molecule has 0 heterocycles. The quantitative estimate of drug-likeness (QED) is 0.674. The summed E-state index contributed by atoms with van der Waals surface area (Å²) in [5, 5.41) is 8.49. The van der Waals surface area contributed by atoms with E-state index >= 15 is 0 Å². The van der Waals surface area contributed by atoms with E-state index < -0.39 is 11.3 Å². The zero-order valence-electron chi connectivity index (χ0n) is 10.0. The summed E-state index contributed by atoms with van der Waals surface area (Å²) >= 11 is 12.1. The second-order valence-electron chi connectivity index (χ2n) is 4.82. The molecule has 2 rings (SSSR count). The zero-order valence-corrected chi connectivity index (χ0v) is 11.5. The van der Waals surface area contributed by atoms with Crippen molar-refractivity contribution in [1.29, 1.82) is 0 Å². The summed E-state index contributed by atoms with van der Waals surface area (Å²) in [4.78, 5) is 10.8. The summed E-state index contributed by atoms with van der Waals surface area (Å²) < 4.78 is 0. The minimum atomic E-state index is -1.04. The molecular weight excluding hydrogens is 294 g/mol. The fourth-order valence-corrected chi connectivity index (χ4v) is 3.07. The molecule has 0 aliphatic heterocycles. The Morgan fingerprint density at radius 3 is 2.42 bits per heavy atom. The molecule has 100 valence electrons. The molecule has 19 heavy (non-hydrogen) atoms. The molecule has 2 nitrogen and oxygen atoms in total. The molecule has 5 heteroatoms. The number of hydrogen-bond donors (Lipinski definition) is 1. The van der Waals surface area contributed by atoms with Crippen LogP contribution < -0.4 is 0 Å². The molecule has 1 fully saturated rings. The van der Waals surface area contributed by atoms with Gasteiger partial charge in [-0.15, -0.1) is 11.6 Å². The van der Waals surface area contributed by atoms with Crippen LogP contribution in [0.1, 0.15) is 54.5 Å². The van der Waals surface area contributed by atoms with Gasteiger partial charge in [-0.05, 0) is 36.0 Å². The Labute approximate surface area is 145 Å². The number of carboxylic acids is 1. The first kappa shape index (κ1) is 17.3. The van der Waals surface area contributed by atoms with Crippen LogP contribution in [0.3, 0.4) is 0 Å². The molecule has 1 N–H and O–H groups in total. The number of carboxylic acid groups (broad SMARTS) is 1. The van der Waals surface area contributed by atoms with Crippen LogP contribution in [0.25, 0.3) is 0 Å². The van der Waals surface area contributed by atoms with Gasteiger partial charge >= 0.3 is 35.5 Å². The van der Waals surface area contributed by atoms with Crippen LogP contribution in [-0.4, -0.2) is 40.6 Å². The monoisotopic (exact) mass is 310 g/mol. The van der Waals surface area contributed by atoms with Gasteiger partial charge in [-0.25, -0.2) is 0 Å². The summed E-state index contributed by atoms with van der Waals surface area (Å²) in [7, 11) is 0. The van der Waals surface area contributed by atoms with Crippen molar-refractivity contribution < 1.29 is 9.90 Å². The van der Waals surface area contributed by atoms with Gasteiger partial charge in [-0.3, -0.25) is 4.79 Å². The number of hydrogen-bond acceptors (Lipinski definition) is 1. The Bertz CT molecular complexity index is 445. The Balaban J connectivity index is 0.00000180. The number of carbonyl (C=O) groups is 1. The maximum atomic E-state index is 10.8. The van der Waals surface area contributed by atoms with E-state index in [1.54, 1.807) is 12.1 Å². The molecule has 0 bridgehead atoms. The van der Waals surface area contributed by atoms with Gasteiger partial charge in [0.1, 0.15) is 0 Å². The predicted octanol–water partition coefficient (Wildman–Crippen LogP) is 4.10. The van der Waals surface area contributed by atoms with Gasteiger partial charge in [0.15, 0.2) is 5.38 Å². The van der Waals surface area contributed by atoms with Crippen LogP contribution in [0.15, 0.2) is 18.2 Å². The number of rotatable bonds is 3. The molecule has 0 spiro atoms. The third-order valence-corrected chi connectivity index (χ3v) is 4.34. The van der Waals surface area contributed by atoms with Crippen molar-refractivity contribution in [3.05, 3.63) is 34.3 Å². The van der Waals surface area contributed by atoms with Gasteiger partial charge in [-0.2, -0.15) is 0 Å². The molecule has 1 aromatic carbocycles. The topological polar surface area (TPSA) is 37.3 Å². The van der Waals surface area contributed by atoms with E-state index in [2.05, 4.69) is 0 Å². The molecule has 1 unspecified atom stereocenters. The van der Waals surface area contributed by atoms with Gasteiger partial charge in [0.2, 0.25) is 0 Å². The fourth-order valence-electron chi connectivity index (χ4n) is 2.59. The molecule has 1 saturated carbocycles. The summed E-state index contributed by atoms with van der Waals surface area (Å²) in [6.07, 6.45) is 6.13. The van der Waals surface area contributed by atoms with Gasteiger partial charge in [0.05, 0.1) is 0 Å². The van der Waals surface area contributed by atoms with Crippen LogP contribution >= 0.6 is 23.2 Å². The molecule has 0 amide bonds. The second kappa shape index (κ2) is 7.90. The van der Waals surface area contributed by atoms with E-state index in [1.165, 1.54) is 32.1 Å². The van der Waals surface area contributed by atoms with Crippen LogP contribution in [0, 0.1) is 0 Å². The van der Waals surface area contributed by atoms with E-state index in [9.17, 15) is 4.79 Å². The van der Waals surface area contributed by atoms with E-state index in [1.807, 2.05) is 6.07 Å². The predicted molar refractivity (Wildman–Crippen MR) is 80.7 cm³/mol. The number of alkyl halides is 1. The van der Waals surface area contributed by atoms with E-state index in [4.69, 9.17) is 28.3 Å². The molecule has 1 aromatic rings.